The Morgan fingerprint density at radius 1 is 1.14 bits per heavy atom. The van der Waals surface area contributed by atoms with Crippen molar-refractivity contribution >= 4 is 5.69 Å². The lowest BCUT2D eigenvalue weighted by Gasteiger charge is -2.14. The van der Waals surface area contributed by atoms with E-state index in [2.05, 4.69) is 5.32 Å². The first kappa shape index (κ1) is 15.0. The molecule has 0 aliphatic rings. The summed E-state index contributed by atoms with van der Waals surface area (Å²) in [7, 11) is 1.42. The van der Waals surface area contributed by atoms with Gasteiger partial charge in [-0.2, -0.15) is 13.2 Å². The summed E-state index contributed by atoms with van der Waals surface area (Å²) in [4.78, 5) is 0. The normalized spacial score (nSPS) is 11.2. The van der Waals surface area contributed by atoms with Crippen LogP contribution in [0, 0.1) is 0 Å². The molecular weight excluding hydrogens is 283 g/mol. The molecule has 0 aromatic heterocycles. The second kappa shape index (κ2) is 5.95. The third-order valence-electron chi connectivity index (χ3n) is 2.96. The van der Waals surface area contributed by atoms with Gasteiger partial charge in [-0.05, 0) is 29.8 Å². The molecule has 6 heteroatoms. The highest BCUT2D eigenvalue weighted by Crippen LogP contribution is 2.35. The fourth-order valence-corrected chi connectivity index (χ4v) is 1.93. The van der Waals surface area contributed by atoms with Crippen molar-refractivity contribution in [1.82, 2.24) is 0 Å². The maximum Gasteiger partial charge on any atom is 0.418 e. The van der Waals surface area contributed by atoms with Crippen molar-refractivity contribution in [1.29, 1.82) is 0 Å². The standard InChI is InChI=1S/C15H14F3NO2/c1-21-14-7-6-10(8-13(14)20)9-19-12-5-3-2-4-11(12)15(16,17)18/h2-8,19-20H,9H2,1H3. The van der Waals surface area contributed by atoms with E-state index in [0.717, 1.165) is 6.07 Å². The molecule has 0 unspecified atom stereocenters. The highest BCUT2D eigenvalue weighted by molar-refractivity contribution is 5.53. The van der Waals surface area contributed by atoms with Gasteiger partial charge in [0.05, 0.1) is 12.7 Å². The van der Waals surface area contributed by atoms with Gasteiger partial charge in [-0.3, -0.25) is 0 Å². The highest BCUT2D eigenvalue weighted by atomic mass is 19.4. The number of phenolic OH excluding ortho intramolecular Hbond substituents is 1. The molecule has 0 spiro atoms. The summed E-state index contributed by atoms with van der Waals surface area (Å²) < 4.78 is 43.4. The number of benzene rings is 2. The van der Waals surface area contributed by atoms with Crippen LogP contribution in [0.1, 0.15) is 11.1 Å². The van der Waals surface area contributed by atoms with Gasteiger partial charge in [-0.25, -0.2) is 0 Å². The number of nitrogens with one attached hydrogen (secondary N) is 1. The Bertz CT molecular complexity index is 627. The Kier molecular flexibility index (Phi) is 4.26. The average molecular weight is 297 g/mol. The van der Waals surface area contributed by atoms with Crippen LogP contribution in [0.25, 0.3) is 0 Å². The van der Waals surface area contributed by atoms with Gasteiger partial charge in [0.1, 0.15) is 0 Å². The van der Waals surface area contributed by atoms with Crippen LogP contribution in [0.4, 0.5) is 18.9 Å². The molecule has 0 aliphatic heterocycles. The van der Waals surface area contributed by atoms with E-state index in [1.54, 1.807) is 12.1 Å². The van der Waals surface area contributed by atoms with Crippen molar-refractivity contribution in [2.45, 2.75) is 12.7 Å². The first-order valence-electron chi connectivity index (χ1n) is 6.18. The number of ether oxygens (including phenoxy) is 1. The molecule has 0 heterocycles. The summed E-state index contributed by atoms with van der Waals surface area (Å²) in [6.45, 7) is 0.157. The SMILES string of the molecule is COc1ccc(CNc2ccccc2C(F)(F)F)cc1O. The fraction of sp³-hybridized carbons (Fsp3) is 0.200. The number of para-hydroxylation sites is 1. The second-order valence-corrected chi connectivity index (χ2v) is 4.40. The molecule has 0 amide bonds. The molecule has 2 rings (SSSR count). The van der Waals surface area contributed by atoms with Crippen molar-refractivity contribution in [3.63, 3.8) is 0 Å². The summed E-state index contributed by atoms with van der Waals surface area (Å²) in [6.07, 6.45) is -4.41. The van der Waals surface area contributed by atoms with E-state index in [4.69, 9.17) is 4.74 Å². The lowest BCUT2D eigenvalue weighted by Crippen LogP contribution is -2.10. The zero-order valence-electron chi connectivity index (χ0n) is 11.2. The maximum absolute atomic E-state index is 12.8. The van der Waals surface area contributed by atoms with E-state index in [-0.39, 0.29) is 18.0 Å². The molecular formula is C15H14F3NO2. The molecule has 0 radical (unpaired) electrons. The maximum atomic E-state index is 12.8. The Hall–Kier alpha value is -2.37. The first-order chi connectivity index (χ1) is 9.91. The summed E-state index contributed by atoms with van der Waals surface area (Å²) >= 11 is 0. The summed E-state index contributed by atoms with van der Waals surface area (Å²) in [5, 5.41) is 12.4. The van der Waals surface area contributed by atoms with Gasteiger partial charge < -0.3 is 15.2 Å². The number of aromatic hydroxyl groups is 1. The zero-order valence-corrected chi connectivity index (χ0v) is 11.2. The number of halogens is 3. The average Bonchev–Trinajstić information content (AvgIpc) is 2.44. The zero-order chi connectivity index (χ0) is 15.5. The molecule has 2 aromatic carbocycles. The van der Waals surface area contributed by atoms with Gasteiger partial charge in [-0.15, -0.1) is 0 Å². The van der Waals surface area contributed by atoms with E-state index in [1.807, 2.05) is 0 Å². The fourth-order valence-electron chi connectivity index (χ4n) is 1.93. The van der Waals surface area contributed by atoms with Gasteiger partial charge in [-0.1, -0.05) is 18.2 Å². The minimum atomic E-state index is -4.41. The lowest BCUT2D eigenvalue weighted by atomic mass is 10.1. The smallest absolute Gasteiger partial charge is 0.418 e. The molecule has 2 N–H and O–H groups in total. The highest BCUT2D eigenvalue weighted by Gasteiger charge is 2.32. The van der Waals surface area contributed by atoms with Gasteiger partial charge >= 0.3 is 6.18 Å². The molecule has 0 atom stereocenters. The number of alkyl halides is 3. The molecule has 0 saturated carbocycles. The molecule has 112 valence electrons. The molecule has 21 heavy (non-hydrogen) atoms. The molecule has 0 aliphatic carbocycles. The van der Waals surface area contributed by atoms with Gasteiger partial charge in [0.25, 0.3) is 0 Å². The van der Waals surface area contributed by atoms with Crippen LogP contribution < -0.4 is 10.1 Å². The third kappa shape index (κ3) is 3.59. The third-order valence-corrected chi connectivity index (χ3v) is 2.96. The quantitative estimate of drug-likeness (QED) is 0.895. The molecule has 0 fully saturated rings. The Labute approximate surface area is 120 Å². The van der Waals surface area contributed by atoms with Crippen LogP contribution >= 0.6 is 0 Å². The number of hydrogen-bond donors (Lipinski definition) is 2. The van der Waals surface area contributed by atoms with Gasteiger partial charge in [0.15, 0.2) is 11.5 Å². The monoisotopic (exact) mass is 297 g/mol. The summed E-state index contributed by atoms with van der Waals surface area (Å²) in [5.41, 5.74) is -0.0756. The van der Waals surface area contributed by atoms with Crippen molar-refractivity contribution in [3.8, 4) is 11.5 Å². The van der Waals surface area contributed by atoms with Crippen LogP contribution in [-0.4, -0.2) is 12.2 Å². The van der Waals surface area contributed by atoms with E-state index in [0.29, 0.717) is 11.3 Å². The number of methoxy groups -OCH3 is 1. The molecule has 0 bridgehead atoms. The van der Waals surface area contributed by atoms with Crippen LogP contribution in [0.3, 0.4) is 0 Å². The summed E-state index contributed by atoms with van der Waals surface area (Å²) in [5.74, 6) is 0.260. The van der Waals surface area contributed by atoms with Crippen molar-refractivity contribution in [3.05, 3.63) is 53.6 Å². The Balaban J connectivity index is 2.15. The van der Waals surface area contributed by atoms with E-state index < -0.39 is 11.7 Å². The number of rotatable bonds is 4. The van der Waals surface area contributed by atoms with E-state index >= 15 is 0 Å². The van der Waals surface area contributed by atoms with Crippen molar-refractivity contribution in [2.24, 2.45) is 0 Å². The number of anilines is 1. The number of phenols is 1. The Morgan fingerprint density at radius 2 is 1.86 bits per heavy atom. The van der Waals surface area contributed by atoms with Crippen LogP contribution in [-0.2, 0) is 12.7 Å². The molecule has 0 saturated heterocycles. The topological polar surface area (TPSA) is 41.5 Å². The second-order valence-electron chi connectivity index (χ2n) is 4.40. The van der Waals surface area contributed by atoms with Crippen LogP contribution in [0.2, 0.25) is 0 Å². The van der Waals surface area contributed by atoms with Crippen molar-refractivity contribution in [2.75, 3.05) is 12.4 Å². The first-order valence-corrected chi connectivity index (χ1v) is 6.18. The van der Waals surface area contributed by atoms with Crippen molar-refractivity contribution < 1.29 is 23.0 Å². The lowest BCUT2D eigenvalue weighted by molar-refractivity contribution is -0.136. The minimum absolute atomic E-state index is 0.000285. The Morgan fingerprint density at radius 3 is 2.48 bits per heavy atom. The molecule has 3 nitrogen and oxygen atoms in total. The van der Waals surface area contributed by atoms with Crippen LogP contribution in [0.5, 0.6) is 11.5 Å². The van der Waals surface area contributed by atoms with Crippen LogP contribution in [0.15, 0.2) is 42.5 Å². The van der Waals surface area contributed by atoms with E-state index in [9.17, 15) is 18.3 Å². The largest absolute Gasteiger partial charge is 0.504 e. The predicted octanol–water partition coefficient (Wildman–Crippen LogP) is 4.03. The van der Waals surface area contributed by atoms with Gasteiger partial charge in [0.2, 0.25) is 0 Å². The van der Waals surface area contributed by atoms with E-state index in [1.165, 1.54) is 31.4 Å². The summed E-state index contributed by atoms with van der Waals surface area (Å²) in [6, 6.07) is 9.93. The minimum Gasteiger partial charge on any atom is -0.504 e. The predicted molar refractivity (Wildman–Crippen MR) is 73.4 cm³/mol. The molecule has 2 aromatic rings. The van der Waals surface area contributed by atoms with Gasteiger partial charge in [0, 0.05) is 12.2 Å². The number of hydrogen-bond acceptors (Lipinski definition) is 3.